The fourth-order valence-electron chi connectivity index (χ4n) is 1.74. The lowest BCUT2D eigenvalue weighted by Crippen LogP contribution is -2.13. The normalized spacial score (nSPS) is 11.1. The molecular formula is C14H16N2O3S. The summed E-state index contributed by atoms with van der Waals surface area (Å²) < 4.78 is 32.2. The third kappa shape index (κ3) is 3.09. The van der Waals surface area contributed by atoms with Gasteiger partial charge < -0.3 is 10.5 Å². The van der Waals surface area contributed by atoms with Crippen LogP contribution in [-0.4, -0.2) is 15.5 Å². The minimum Gasteiger partial charge on any atom is -0.495 e. The molecule has 0 fully saturated rings. The maximum atomic E-state index is 12.3. The molecule has 3 N–H and O–H groups in total. The Bertz CT molecular complexity index is 682. The molecule has 20 heavy (non-hydrogen) atoms. The Morgan fingerprint density at radius 3 is 2.35 bits per heavy atom. The van der Waals surface area contributed by atoms with E-state index in [4.69, 9.17) is 10.5 Å². The summed E-state index contributed by atoms with van der Waals surface area (Å²) in [6.07, 6.45) is 0. The van der Waals surface area contributed by atoms with E-state index in [1.54, 1.807) is 36.4 Å². The molecule has 0 bridgehead atoms. The van der Waals surface area contributed by atoms with Gasteiger partial charge in [0.15, 0.2) is 0 Å². The number of ether oxygens (including phenoxy) is 1. The van der Waals surface area contributed by atoms with Crippen molar-refractivity contribution < 1.29 is 13.2 Å². The van der Waals surface area contributed by atoms with Gasteiger partial charge in [0.25, 0.3) is 10.0 Å². The Hall–Kier alpha value is -2.05. The Labute approximate surface area is 118 Å². The minimum absolute atomic E-state index is 0.181. The van der Waals surface area contributed by atoms with Crippen molar-refractivity contribution in [1.29, 1.82) is 0 Å². The Morgan fingerprint density at radius 2 is 1.75 bits per heavy atom. The van der Waals surface area contributed by atoms with E-state index < -0.39 is 10.0 Å². The predicted molar refractivity (Wildman–Crippen MR) is 78.1 cm³/mol. The van der Waals surface area contributed by atoms with E-state index in [-0.39, 0.29) is 4.90 Å². The smallest absolute Gasteiger partial charge is 0.262 e. The van der Waals surface area contributed by atoms with Crippen molar-refractivity contribution in [1.82, 2.24) is 0 Å². The molecule has 5 nitrogen and oxygen atoms in total. The van der Waals surface area contributed by atoms with Crippen LogP contribution in [0.25, 0.3) is 0 Å². The number of hydrogen-bond acceptors (Lipinski definition) is 4. The van der Waals surface area contributed by atoms with Gasteiger partial charge in [0.1, 0.15) is 5.75 Å². The highest BCUT2D eigenvalue weighted by molar-refractivity contribution is 7.92. The molecule has 2 aromatic carbocycles. The maximum Gasteiger partial charge on any atom is 0.262 e. The van der Waals surface area contributed by atoms with Gasteiger partial charge in [-0.05, 0) is 29.8 Å². The van der Waals surface area contributed by atoms with Gasteiger partial charge in [-0.15, -0.1) is 0 Å². The molecule has 0 amide bonds. The number of anilines is 1. The summed E-state index contributed by atoms with van der Waals surface area (Å²) >= 11 is 0. The summed E-state index contributed by atoms with van der Waals surface area (Å²) in [4.78, 5) is 0.181. The van der Waals surface area contributed by atoms with Crippen LogP contribution in [0.5, 0.6) is 5.75 Å². The number of para-hydroxylation sites is 2. The van der Waals surface area contributed by atoms with Crippen LogP contribution in [0.2, 0.25) is 0 Å². The van der Waals surface area contributed by atoms with Crippen LogP contribution in [0.1, 0.15) is 5.56 Å². The Morgan fingerprint density at radius 1 is 1.10 bits per heavy atom. The summed E-state index contributed by atoms with van der Waals surface area (Å²) in [6, 6.07) is 13.3. The quantitative estimate of drug-likeness (QED) is 0.882. The number of sulfonamides is 1. The Kier molecular flexibility index (Phi) is 4.26. The third-order valence-corrected chi connectivity index (χ3v) is 4.20. The first-order chi connectivity index (χ1) is 9.56. The standard InChI is InChI=1S/C14H16N2O3S/c1-19-14-5-3-2-4-13(14)16-20(17,18)12-8-6-11(10-15)7-9-12/h2-9,16H,10,15H2,1H3. The zero-order valence-corrected chi connectivity index (χ0v) is 11.9. The van der Waals surface area contributed by atoms with Crippen molar-refractivity contribution in [3.63, 3.8) is 0 Å². The summed E-state index contributed by atoms with van der Waals surface area (Å²) in [7, 11) is -2.15. The number of nitrogens with two attached hydrogens (primary N) is 1. The highest BCUT2D eigenvalue weighted by Gasteiger charge is 2.15. The SMILES string of the molecule is COc1ccccc1NS(=O)(=O)c1ccc(CN)cc1. The van der Waals surface area contributed by atoms with Gasteiger partial charge in [-0.2, -0.15) is 0 Å². The molecule has 106 valence electrons. The van der Waals surface area contributed by atoms with E-state index in [9.17, 15) is 8.42 Å². The van der Waals surface area contributed by atoms with E-state index in [1.807, 2.05) is 0 Å². The molecule has 2 aromatic rings. The predicted octanol–water partition coefficient (Wildman–Crippen LogP) is 1.95. The summed E-state index contributed by atoms with van der Waals surface area (Å²) in [5, 5.41) is 0. The number of benzene rings is 2. The van der Waals surface area contributed by atoms with Crippen LogP contribution in [0.3, 0.4) is 0 Å². The molecule has 0 aliphatic heterocycles. The molecule has 0 heterocycles. The lowest BCUT2D eigenvalue weighted by atomic mass is 10.2. The molecule has 0 spiro atoms. The van der Waals surface area contributed by atoms with Gasteiger partial charge in [-0.25, -0.2) is 8.42 Å². The van der Waals surface area contributed by atoms with Crippen molar-refractivity contribution >= 4 is 15.7 Å². The van der Waals surface area contributed by atoms with Crippen molar-refractivity contribution in [3.8, 4) is 5.75 Å². The van der Waals surface area contributed by atoms with Gasteiger partial charge in [0.2, 0.25) is 0 Å². The van der Waals surface area contributed by atoms with Gasteiger partial charge in [0.05, 0.1) is 17.7 Å². The second kappa shape index (κ2) is 5.94. The Balaban J connectivity index is 2.30. The summed E-state index contributed by atoms with van der Waals surface area (Å²) in [6.45, 7) is 0.375. The first kappa shape index (κ1) is 14.4. The summed E-state index contributed by atoms with van der Waals surface area (Å²) in [5.74, 6) is 0.467. The van der Waals surface area contributed by atoms with Crippen LogP contribution >= 0.6 is 0 Å². The van der Waals surface area contributed by atoms with Crippen molar-refractivity contribution in [2.24, 2.45) is 5.73 Å². The van der Waals surface area contributed by atoms with E-state index in [2.05, 4.69) is 4.72 Å². The molecule has 0 aliphatic carbocycles. The van der Waals surface area contributed by atoms with Crippen molar-refractivity contribution in [2.75, 3.05) is 11.8 Å². The van der Waals surface area contributed by atoms with Crippen molar-refractivity contribution in [3.05, 3.63) is 54.1 Å². The lowest BCUT2D eigenvalue weighted by molar-refractivity contribution is 0.417. The zero-order valence-electron chi connectivity index (χ0n) is 11.0. The van der Waals surface area contributed by atoms with Crippen LogP contribution in [0.15, 0.2) is 53.4 Å². The second-order valence-electron chi connectivity index (χ2n) is 4.15. The molecule has 0 aromatic heterocycles. The average molecular weight is 292 g/mol. The first-order valence-corrected chi connectivity index (χ1v) is 7.50. The van der Waals surface area contributed by atoms with Crippen LogP contribution in [0, 0.1) is 0 Å². The van der Waals surface area contributed by atoms with Crippen LogP contribution in [-0.2, 0) is 16.6 Å². The fourth-order valence-corrected chi connectivity index (χ4v) is 2.81. The summed E-state index contributed by atoms with van der Waals surface area (Å²) in [5.41, 5.74) is 6.77. The molecule has 0 atom stereocenters. The van der Waals surface area contributed by atoms with E-state index in [0.717, 1.165) is 5.56 Å². The highest BCUT2D eigenvalue weighted by Crippen LogP contribution is 2.26. The topological polar surface area (TPSA) is 81.4 Å². The van der Waals surface area contributed by atoms with Gasteiger partial charge in [-0.3, -0.25) is 4.72 Å². The first-order valence-electron chi connectivity index (χ1n) is 6.01. The monoisotopic (exact) mass is 292 g/mol. The molecule has 0 unspecified atom stereocenters. The van der Waals surface area contributed by atoms with E-state index >= 15 is 0 Å². The molecule has 0 radical (unpaired) electrons. The zero-order chi connectivity index (χ0) is 14.6. The lowest BCUT2D eigenvalue weighted by Gasteiger charge is -2.11. The number of hydrogen-bond donors (Lipinski definition) is 2. The molecule has 2 rings (SSSR count). The molecular weight excluding hydrogens is 276 g/mol. The number of rotatable bonds is 5. The highest BCUT2D eigenvalue weighted by atomic mass is 32.2. The number of nitrogens with one attached hydrogen (secondary N) is 1. The van der Waals surface area contributed by atoms with E-state index in [0.29, 0.717) is 18.0 Å². The molecule has 6 heteroatoms. The van der Waals surface area contributed by atoms with Gasteiger partial charge in [-0.1, -0.05) is 24.3 Å². The number of methoxy groups -OCH3 is 1. The minimum atomic E-state index is -3.64. The van der Waals surface area contributed by atoms with Gasteiger partial charge >= 0.3 is 0 Å². The molecule has 0 saturated carbocycles. The second-order valence-corrected chi connectivity index (χ2v) is 5.84. The largest absolute Gasteiger partial charge is 0.495 e. The van der Waals surface area contributed by atoms with Crippen LogP contribution in [0.4, 0.5) is 5.69 Å². The fraction of sp³-hybridized carbons (Fsp3) is 0.143. The average Bonchev–Trinajstić information content (AvgIpc) is 2.47. The van der Waals surface area contributed by atoms with Crippen LogP contribution < -0.4 is 15.2 Å². The third-order valence-electron chi connectivity index (χ3n) is 2.82. The molecule has 0 saturated heterocycles. The van der Waals surface area contributed by atoms with Gasteiger partial charge in [0, 0.05) is 6.54 Å². The maximum absolute atomic E-state index is 12.3. The molecule has 0 aliphatic rings. The van der Waals surface area contributed by atoms with Crippen molar-refractivity contribution in [2.45, 2.75) is 11.4 Å². The van der Waals surface area contributed by atoms with E-state index in [1.165, 1.54) is 19.2 Å².